The number of amides is 2. The Morgan fingerprint density at radius 1 is 1.08 bits per heavy atom. The van der Waals surface area contributed by atoms with Crippen molar-refractivity contribution in [3.05, 3.63) is 65.2 Å². The van der Waals surface area contributed by atoms with Crippen molar-refractivity contribution in [2.75, 3.05) is 4.90 Å². The van der Waals surface area contributed by atoms with Gasteiger partial charge in [-0.2, -0.15) is 0 Å². The Bertz CT molecular complexity index is 1050. The molecule has 4 rings (SSSR count). The monoisotopic (exact) mass is 350 g/mol. The summed E-state index contributed by atoms with van der Waals surface area (Å²) in [6, 6.07) is 14.0. The van der Waals surface area contributed by atoms with Crippen molar-refractivity contribution < 1.29 is 14.7 Å². The Kier molecular flexibility index (Phi) is 3.62. The fourth-order valence-corrected chi connectivity index (χ4v) is 3.78. The van der Waals surface area contributed by atoms with Crippen LogP contribution in [-0.2, 0) is 11.8 Å². The van der Waals surface area contributed by atoms with Crippen LogP contribution in [0, 0.1) is 0 Å². The number of nitrogens with zero attached hydrogens (tertiary/aromatic N) is 2. The summed E-state index contributed by atoms with van der Waals surface area (Å²) in [5.41, 5.74) is 2.31. The third kappa shape index (κ3) is 2.60. The molecule has 1 N–H and O–H groups in total. The number of rotatable bonds is 2. The Labute approximate surface area is 148 Å². The SMILES string of the molecule is Cn1cc(C=C2SC(=O)N(c3cccc(O)c3)C2=O)c2ccccc21. The number of carbonyl (C=O) groups excluding carboxylic acids is 2. The minimum atomic E-state index is -0.381. The molecule has 2 aromatic carbocycles. The zero-order valence-electron chi connectivity index (χ0n) is 13.3. The summed E-state index contributed by atoms with van der Waals surface area (Å²) in [5.74, 6) is -0.372. The number of para-hydroxylation sites is 1. The molecular weight excluding hydrogens is 336 g/mol. The molecule has 1 aliphatic heterocycles. The van der Waals surface area contributed by atoms with Gasteiger partial charge in [0.1, 0.15) is 5.75 Å². The number of carbonyl (C=O) groups is 2. The van der Waals surface area contributed by atoms with Gasteiger partial charge in [0.25, 0.3) is 11.1 Å². The first-order valence-electron chi connectivity index (χ1n) is 7.65. The molecule has 1 saturated heterocycles. The van der Waals surface area contributed by atoms with Crippen molar-refractivity contribution in [1.82, 2.24) is 4.57 Å². The molecular formula is C19H14N2O3S. The van der Waals surface area contributed by atoms with Crippen LogP contribution in [0.5, 0.6) is 5.75 Å². The van der Waals surface area contributed by atoms with E-state index in [9.17, 15) is 14.7 Å². The lowest BCUT2D eigenvalue weighted by molar-refractivity contribution is -0.113. The van der Waals surface area contributed by atoms with E-state index in [2.05, 4.69) is 0 Å². The van der Waals surface area contributed by atoms with E-state index in [1.54, 1.807) is 18.2 Å². The number of benzene rings is 2. The number of hydrogen-bond acceptors (Lipinski definition) is 4. The lowest BCUT2D eigenvalue weighted by Crippen LogP contribution is -2.27. The number of thioether (sulfide) groups is 1. The van der Waals surface area contributed by atoms with E-state index in [0.29, 0.717) is 10.6 Å². The molecule has 0 radical (unpaired) electrons. The quantitative estimate of drug-likeness (QED) is 0.706. The molecule has 1 fully saturated rings. The Morgan fingerprint density at radius 2 is 1.88 bits per heavy atom. The normalized spacial score (nSPS) is 16.4. The number of phenolic OH excluding ortho intramolecular Hbond substituents is 1. The smallest absolute Gasteiger partial charge is 0.298 e. The van der Waals surface area contributed by atoms with Crippen LogP contribution >= 0.6 is 11.8 Å². The minimum Gasteiger partial charge on any atom is -0.508 e. The van der Waals surface area contributed by atoms with Gasteiger partial charge in [-0.25, -0.2) is 4.90 Å². The van der Waals surface area contributed by atoms with Gasteiger partial charge in [-0.3, -0.25) is 9.59 Å². The molecule has 5 nitrogen and oxygen atoms in total. The molecule has 6 heteroatoms. The van der Waals surface area contributed by atoms with E-state index in [0.717, 1.165) is 33.1 Å². The van der Waals surface area contributed by atoms with Crippen LogP contribution in [0.25, 0.3) is 17.0 Å². The molecule has 1 aliphatic rings. The molecule has 2 heterocycles. The van der Waals surface area contributed by atoms with Crippen LogP contribution in [0.4, 0.5) is 10.5 Å². The standard InChI is InChI=1S/C19H14N2O3S/c1-20-11-12(15-7-2-3-8-16(15)20)9-17-18(23)21(19(24)25-17)13-5-4-6-14(22)10-13/h2-11,22H,1H3. The van der Waals surface area contributed by atoms with Gasteiger partial charge in [-0.05, 0) is 36.0 Å². The largest absolute Gasteiger partial charge is 0.508 e. The lowest BCUT2D eigenvalue weighted by Gasteiger charge is -2.12. The summed E-state index contributed by atoms with van der Waals surface area (Å²) in [4.78, 5) is 26.5. The molecule has 2 amide bonds. The van der Waals surface area contributed by atoms with Crippen molar-refractivity contribution in [2.24, 2.45) is 7.05 Å². The summed E-state index contributed by atoms with van der Waals surface area (Å²) in [7, 11) is 1.94. The highest BCUT2D eigenvalue weighted by atomic mass is 32.2. The van der Waals surface area contributed by atoms with E-state index < -0.39 is 0 Å². The number of anilines is 1. The summed E-state index contributed by atoms with van der Waals surface area (Å²) in [5, 5.41) is 10.2. The average molecular weight is 350 g/mol. The van der Waals surface area contributed by atoms with Gasteiger partial charge in [0.2, 0.25) is 0 Å². The van der Waals surface area contributed by atoms with Gasteiger partial charge in [0.05, 0.1) is 10.6 Å². The van der Waals surface area contributed by atoms with E-state index in [4.69, 9.17) is 0 Å². The second kappa shape index (κ2) is 5.82. The summed E-state index contributed by atoms with van der Waals surface area (Å²) in [6.45, 7) is 0. The van der Waals surface area contributed by atoms with Gasteiger partial charge in [0.15, 0.2) is 0 Å². The number of hydrogen-bond donors (Lipinski definition) is 1. The van der Waals surface area contributed by atoms with Crippen molar-refractivity contribution in [3.63, 3.8) is 0 Å². The predicted octanol–water partition coefficient (Wildman–Crippen LogP) is 4.12. The van der Waals surface area contributed by atoms with Gasteiger partial charge in [0, 0.05) is 35.8 Å². The fourth-order valence-electron chi connectivity index (χ4n) is 2.95. The zero-order valence-corrected chi connectivity index (χ0v) is 14.2. The zero-order chi connectivity index (χ0) is 17.6. The third-order valence-corrected chi connectivity index (χ3v) is 4.97. The van der Waals surface area contributed by atoms with Gasteiger partial charge in [-0.1, -0.05) is 24.3 Å². The van der Waals surface area contributed by atoms with Crippen molar-refractivity contribution in [2.45, 2.75) is 0 Å². The first kappa shape index (κ1) is 15.5. The number of imide groups is 1. The molecule has 1 aromatic heterocycles. The van der Waals surface area contributed by atoms with Crippen LogP contribution in [0.15, 0.2) is 59.6 Å². The molecule has 0 spiro atoms. The van der Waals surface area contributed by atoms with Crippen LogP contribution in [0.1, 0.15) is 5.56 Å². The van der Waals surface area contributed by atoms with Crippen LogP contribution in [0.2, 0.25) is 0 Å². The Balaban J connectivity index is 1.75. The fraction of sp³-hybridized carbons (Fsp3) is 0.0526. The summed E-state index contributed by atoms with van der Waals surface area (Å²) in [6.07, 6.45) is 3.68. The first-order chi connectivity index (χ1) is 12.0. The number of fused-ring (bicyclic) bond motifs is 1. The number of aromatic nitrogens is 1. The maximum atomic E-state index is 12.7. The number of phenols is 1. The molecule has 0 saturated carbocycles. The van der Waals surface area contributed by atoms with Crippen molar-refractivity contribution >= 4 is 45.6 Å². The summed E-state index contributed by atoms with van der Waals surface area (Å²) < 4.78 is 1.99. The molecule has 0 aliphatic carbocycles. The average Bonchev–Trinajstić information content (AvgIpc) is 3.05. The van der Waals surface area contributed by atoms with Crippen LogP contribution in [-0.4, -0.2) is 20.8 Å². The Hall–Kier alpha value is -2.99. The van der Waals surface area contributed by atoms with Crippen LogP contribution < -0.4 is 4.90 Å². The molecule has 0 unspecified atom stereocenters. The molecule has 0 atom stereocenters. The van der Waals surface area contributed by atoms with Gasteiger partial charge >= 0.3 is 0 Å². The van der Waals surface area contributed by atoms with Crippen LogP contribution in [0.3, 0.4) is 0 Å². The maximum absolute atomic E-state index is 12.7. The molecule has 124 valence electrons. The van der Waals surface area contributed by atoms with Crippen molar-refractivity contribution in [1.29, 1.82) is 0 Å². The minimum absolute atomic E-state index is 0.00887. The molecule has 3 aromatic rings. The lowest BCUT2D eigenvalue weighted by atomic mass is 10.1. The third-order valence-electron chi connectivity index (χ3n) is 4.10. The number of aromatic hydroxyl groups is 1. The second-order valence-corrected chi connectivity index (χ2v) is 6.74. The number of aryl methyl sites for hydroxylation is 1. The van der Waals surface area contributed by atoms with Gasteiger partial charge < -0.3 is 9.67 Å². The molecule has 25 heavy (non-hydrogen) atoms. The highest BCUT2D eigenvalue weighted by Gasteiger charge is 2.36. The predicted molar refractivity (Wildman–Crippen MR) is 99.5 cm³/mol. The Morgan fingerprint density at radius 3 is 2.68 bits per heavy atom. The highest BCUT2D eigenvalue weighted by Crippen LogP contribution is 2.37. The second-order valence-electron chi connectivity index (χ2n) is 5.75. The van der Waals surface area contributed by atoms with E-state index in [-0.39, 0.29) is 16.9 Å². The van der Waals surface area contributed by atoms with Crippen molar-refractivity contribution in [3.8, 4) is 5.75 Å². The van der Waals surface area contributed by atoms with E-state index >= 15 is 0 Å². The van der Waals surface area contributed by atoms with E-state index in [1.807, 2.05) is 42.1 Å². The maximum Gasteiger partial charge on any atom is 0.298 e. The topological polar surface area (TPSA) is 62.5 Å². The summed E-state index contributed by atoms with van der Waals surface area (Å²) >= 11 is 0.903. The highest BCUT2D eigenvalue weighted by molar-refractivity contribution is 8.19. The first-order valence-corrected chi connectivity index (χ1v) is 8.47. The van der Waals surface area contributed by atoms with Gasteiger partial charge in [-0.15, -0.1) is 0 Å². The van der Waals surface area contributed by atoms with E-state index in [1.165, 1.54) is 12.1 Å². The molecule has 0 bridgehead atoms.